The predicted octanol–water partition coefficient (Wildman–Crippen LogP) is 3.16. The zero-order chi connectivity index (χ0) is 12.0. The van der Waals surface area contributed by atoms with Crippen molar-refractivity contribution in [3.63, 3.8) is 0 Å². The number of halogens is 1. The Hall–Kier alpha value is -1.05. The van der Waals surface area contributed by atoms with Crippen LogP contribution in [0, 0.1) is 11.3 Å². The van der Waals surface area contributed by atoms with Crippen molar-refractivity contribution in [1.29, 1.82) is 5.26 Å². The lowest BCUT2D eigenvalue weighted by atomic mass is 10.2. The van der Waals surface area contributed by atoms with Crippen molar-refractivity contribution < 1.29 is 4.74 Å². The van der Waals surface area contributed by atoms with Crippen LogP contribution in [0.1, 0.15) is 19.4 Å². The van der Waals surface area contributed by atoms with Gasteiger partial charge in [-0.2, -0.15) is 5.26 Å². The van der Waals surface area contributed by atoms with Crippen molar-refractivity contribution in [1.82, 2.24) is 0 Å². The van der Waals surface area contributed by atoms with E-state index < -0.39 is 0 Å². The zero-order valence-electron chi connectivity index (χ0n) is 9.46. The third-order valence-electron chi connectivity index (χ3n) is 1.97. The second-order valence-corrected chi connectivity index (χ2v) is 4.51. The first-order chi connectivity index (χ1) is 7.63. The number of rotatable bonds is 5. The molecule has 0 saturated carbocycles. The number of hydrogen-bond donors (Lipinski definition) is 1. The van der Waals surface area contributed by atoms with Crippen LogP contribution in [0.15, 0.2) is 22.7 Å². The predicted molar refractivity (Wildman–Crippen MR) is 68.4 cm³/mol. The second kappa shape index (κ2) is 6.51. The molecule has 0 atom stereocenters. The van der Waals surface area contributed by atoms with Crippen molar-refractivity contribution in [2.24, 2.45) is 0 Å². The highest BCUT2D eigenvalue weighted by Gasteiger charge is 2.00. The first-order valence-electron chi connectivity index (χ1n) is 5.18. The molecule has 0 aliphatic rings. The van der Waals surface area contributed by atoms with Crippen molar-refractivity contribution in [3.8, 4) is 6.07 Å². The standard InChI is InChI=1S/C12H15BrN2O/c1-9(2)16-6-5-15-12-4-3-10(8-14)7-11(12)13/h3-4,7,9,15H,5-6H2,1-2H3. The molecular formula is C12H15BrN2O. The Bertz CT molecular complexity index is 385. The zero-order valence-corrected chi connectivity index (χ0v) is 11.0. The van der Waals surface area contributed by atoms with Gasteiger partial charge in [0.2, 0.25) is 0 Å². The lowest BCUT2D eigenvalue weighted by Gasteiger charge is -2.10. The lowest BCUT2D eigenvalue weighted by molar-refractivity contribution is 0.0870. The van der Waals surface area contributed by atoms with Crippen molar-refractivity contribution in [2.75, 3.05) is 18.5 Å². The van der Waals surface area contributed by atoms with E-state index in [1.807, 2.05) is 19.9 Å². The van der Waals surface area contributed by atoms with Crippen LogP contribution in [0.5, 0.6) is 0 Å². The maximum Gasteiger partial charge on any atom is 0.0992 e. The smallest absolute Gasteiger partial charge is 0.0992 e. The lowest BCUT2D eigenvalue weighted by Crippen LogP contribution is -2.13. The molecule has 0 radical (unpaired) electrons. The molecule has 0 aromatic heterocycles. The summed E-state index contributed by atoms with van der Waals surface area (Å²) in [6.45, 7) is 5.45. The molecule has 0 aliphatic carbocycles. The average molecular weight is 283 g/mol. The van der Waals surface area contributed by atoms with Crippen LogP contribution in [-0.4, -0.2) is 19.3 Å². The summed E-state index contributed by atoms with van der Waals surface area (Å²) in [4.78, 5) is 0. The first-order valence-corrected chi connectivity index (χ1v) is 5.98. The van der Waals surface area contributed by atoms with Crippen LogP contribution < -0.4 is 5.32 Å². The van der Waals surface area contributed by atoms with E-state index in [0.29, 0.717) is 12.2 Å². The average Bonchev–Trinajstić information content (AvgIpc) is 2.25. The molecule has 0 fully saturated rings. The van der Waals surface area contributed by atoms with Crippen LogP contribution >= 0.6 is 15.9 Å². The molecule has 3 nitrogen and oxygen atoms in total. The summed E-state index contributed by atoms with van der Waals surface area (Å²) in [5.74, 6) is 0. The van der Waals surface area contributed by atoms with Crippen LogP contribution in [0.3, 0.4) is 0 Å². The number of anilines is 1. The molecule has 4 heteroatoms. The number of hydrogen-bond acceptors (Lipinski definition) is 3. The minimum absolute atomic E-state index is 0.256. The summed E-state index contributed by atoms with van der Waals surface area (Å²) in [6, 6.07) is 7.57. The SMILES string of the molecule is CC(C)OCCNc1ccc(C#N)cc1Br. The number of benzene rings is 1. The van der Waals surface area contributed by atoms with E-state index in [1.54, 1.807) is 12.1 Å². The van der Waals surface area contributed by atoms with Gasteiger partial charge in [-0.15, -0.1) is 0 Å². The van der Waals surface area contributed by atoms with Crippen LogP contribution in [0.4, 0.5) is 5.69 Å². The number of nitriles is 1. The molecule has 16 heavy (non-hydrogen) atoms. The molecule has 0 bridgehead atoms. The van der Waals surface area contributed by atoms with Gasteiger partial charge in [0.05, 0.1) is 24.3 Å². The molecule has 1 aromatic rings. The first kappa shape index (κ1) is 13.0. The Morgan fingerprint density at radius 3 is 2.81 bits per heavy atom. The minimum atomic E-state index is 0.256. The van der Waals surface area contributed by atoms with Gasteiger partial charge in [0, 0.05) is 16.7 Å². The summed E-state index contributed by atoms with van der Waals surface area (Å²) in [6.07, 6.45) is 0.256. The van der Waals surface area contributed by atoms with Gasteiger partial charge in [-0.05, 0) is 48.0 Å². The molecule has 1 rings (SSSR count). The molecule has 1 aromatic carbocycles. The van der Waals surface area contributed by atoms with E-state index in [4.69, 9.17) is 10.00 Å². The van der Waals surface area contributed by atoms with Crippen molar-refractivity contribution in [2.45, 2.75) is 20.0 Å². The number of nitrogens with zero attached hydrogens (tertiary/aromatic N) is 1. The van der Waals surface area contributed by atoms with Crippen LogP contribution in [0.25, 0.3) is 0 Å². The van der Waals surface area contributed by atoms with Gasteiger partial charge < -0.3 is 10.1 Å². The highest BCUT2D eigenvalue weighted by Crippen LogP contribution is 2.23. The number of ether oxygens (including phenoxy) is 1. The fourth-order valence-electron chi connectivity index (χ4n) is 1.21. The highest BCUT2D eigenvalue weighted by molar-refractivity contribution is 9.10. The van der Waals surface area contributed by atoms with Crippen LogP contribution in [0.2, 0.25) is 0 Å². The van der Waals surface area contributed by atoms with Crippen LogP contribution in [-0.2, 0) is 4.74 Å². The summed E-state index contributed by atoms with van der Waals surface area (Å²) in [7, 11) is 0. The maximum atomic E-state index is 8.72. The summed E-state index contributed by atoms with van der Waals surface area (Å²) >= 11 is 3.41. The fourth-order valence-corrected chi connectivity index (χ4v) is 1.73. The van der Waals surface area contributed by atoms with E-state index in [2.05, 4.69) is 27.3 Å². The normalized spacial score (nSPS) is 10.2. The van der Waals surface area contributed by atoms with E-state index >= 15 is 0 Å². The van der Waals surface area contributed by atoms with Gasteiger partial charge in [-0.1, -0.05) is 0 Å². The molecular weight excluding hydrogens is 268 g/mol. The second-order valence-electron chi connectivity index (χ2n) is 3.65. The Balaban J connectivity index is 2.46. The summed E-state index contributed by atoms with van der Waals surface area (Å²) in [5.41, 5.74) is 1.63. The molecule has 0 unspecified atom stereocenters. The molecule has 0 spiro atoms. The van der Waals surface area contributed by atoms with Crippen molar-refractivity contribution >= 4 is 21.6 Å². The Kier molecular flexibility index (Phi) is 5.30. The Morgan fingerprint density at radius 1 is 1.50 bits per heavy atom. The van der Waals surface area contributed by atoms with Gasteiger partial charge in [-0.3, -0.25) is 0 Å². The molecule has 1 N–H and O–H groups in total. The number of nitrogens with one attached hydrogen (secondary N) is 1. The molecule has 0 heterocycles. The Morgan fingerprint density at radius 2 is 2.25 bits per heavy atom. The van der Waals surface area contributed by atoms with Gasteiger partial charge in [0.15, 0.2) is 0 Å². The molecule has 0 aliphatic heterocycles. The minimum Gasteiger partial charge on any atom is -0.382 e. The third-order valence-corrected chi connectivity index (χ3v) is 2.62. The quantitative estimate of drug-likeness (QED) is 0.844. The topological polar surface area (TPSA) is 45.0 Å². The van der Waals surface area contributed by atoms with E-state index in [9.17, 15) is 0 Å². The van der Waals surface area contributed by atoms with E-state index in [1.165, 1.54) is 0 Å². The largest absolute Gasteiger partial charge is 0.382 e. The monoisotopic (exact) mass is 282 g/mol. The van der Waals surface area contributed by atoms with E-state index in [-0.39, 0.29) is 6.10 Å². The maximum absolute atomic E-state index is 8.72. The van der Waals surface area contributed by atoms with Gasteiger partial charge in [0.1, 0.15) is 0 Å². The third kappa shape index (κ3) is 4.21. The van der Waals surface area contributed by atoms with Crippen molar-refractivity contribution in [3.05, 3.63) is 28.2 Å². The highest BCUT2D eigenvalue weighted by atomic mass is 79.9. The van der Waals surface area contributed by atoms with E-state index in [0.717, 1.165) is 16.7 Å². The summed E-state index contributed by atoms with van der Waals surface area (Å²) < 4.78 is 6.32. The fraction of sp³-hybridized carbons (Fsp3) is 0.417. The van der Waals surface area contributed by atoms with Gasteiger partial charge in [0.25, 0.3) is 0 Å². The van der Waals surface area contributed by atoms with Gasteiger partial charge >= 0.3 is 0 Å². The molecule has 86 valence electrons. The summed E-state index contributed by atoms with van der Waals surface area (Å²) in [5, 5.41) is 12.0. The molecule has 0 amide bonds. The van der Waals surface area contributed by atoms with Gasteiger partial charge in [-0.25, -0.2) is 0 Å². The Labute approximate surface area is 105 Å². The molecule has 0 saturated heterocycles.